The molecule has 0 aromatic heterocycles. The molecule has 0 heterocycles. The minimum atomic E-state index is -0.0828. The molecule has 0 aliphatic carbocycles. The SMILES string of the molecule is CC(C=O)Cc1cccc(Cl)c1C#N. The van der Waals surface area contributed by atoms with Crippen LogP contribution in [0, 0.1) is 17.2 Å². The molecule has 14 heavy (non-hydrogen) atoms. The number of hydrogen-bond donors (Lipinski definition) is 0. The predicted octanol–water partition coefficient (Wildman–Crippen LogP) is 2.59. The van der Waals surface area contributed by atoms with Crippen LogP contribution in [0.2, 0.25) is 5.02 Å². The summed E-state index contributed by atoms with van der Waals surface area (Å²) in [5.41, 5.74) is 1.31. The monoisotopic (exact) mass is 207 g/mol. The molecule has 0 aliphatic rings. The van der Waals surface area contributed by atoms with Crippen molar-refractivity contribution in [1.29, 1.82) is 5.26 Å². The van der Waals surface area contributed by atoms with Crippen LogP contribution in [0.1, 0.15) is 18.1 Å². The number of benzene rings is 1. The summed E-state index contributed by atoms with van der Waals surface area (Å²) >= 11 is 5.85. The Bertz CT molecular complexity index is 381. The van der Waals surface area contributed by atoms with Crippen molar-refractivity contribution in [1.82, 2.24) is 0 Å². The molecular weight excluding hydrogens is 198 g/mol. The van der Waals surface area contributed by atoms with Crippen molar-refractivity contribution in [3.63, 3.8) is 0 Å². The molecule has 1 atom stereocenters. The molecule has 0 N–H and O–H groups in total. The molecule has 3 heteroatoms. The van der Waals surface area contributed by atoms with Crippen LogP contribution in [0.15, 0.2) is 18.2 Å². The zero-order chi connectivity index (χ0) is 10.6. The Morgan fingerprint density at radius 2 is 2.36 bits per heavy atom. The van der Waals surface area contributed by atoms with Crippen molar-refractivity contribution in [2.75, 3.05) is 0 Å². The van der Waals surface area contributed by atoms with E-state index in [9.17, 15) is 4.79 Å². The van der Waals surface area contributed by atoms with Crippen LogP contribution in [0.4, 0.5) is 0 Å². The van der Waals surface area contributed by atoms with Crippen LogP contribution in [-0.2, 0) is 11.2 Å². The average molecular weight is 208 g/mol. The van der Waals surface area contributed by atoms with Crippen LogP contribution >= 0.6 is 11.6 Å². The van der Waals surface area contributed by atoms with Gasteiger partial charge in [0.2, 0.25) is 0 Å². The summed E-state index contributed by atoms with van der Waals surface area (Å²) in [6, 6.07) is 7.33. The van der Waals surface area contributed by atoms with E-state index < -0.39 is 0 Å². The van der Waals surface area contributed by atoms with E-state index in [2.05, 4.69) is 0 Å². The van der Waals surface area contributed by atoms with Crippen LogP contribution in [0.3, 0.4) is 0 Å². The molecule has 72 valence electrons. The number of nitriles is 1. The summed E-state index contributed by atoms with van der Waals surface area (Å²) < 4.78 is 0. The third-order valence-electron chi connectivity index (χ3n) is 1.99. The molecule has 1 aromatic rings. The second kappa shape index (κ2) is 4.78. The molecule has 0 aliphatic heterocycles. The number of rotatable bonds is 3. The number of nitrogens with zero attached hydrogens (tertiary/aromatic N) is 1. The van der Waals surface area contributed by atoms with Gasteiger partial charge in [-0.1, -0.05) is 30.7 Å². The number of halogens is 1. The Labute approximate surface area is 88.1 Å². The van der Waals surface area contributed by atoms with Crippen molar-refractivity contribution in [3.8, 4) is 6.07 Å². The molecule has 1 rings (SSSR count). The highest BCUT2D eigenvalue weighted by Crippen LogP contribution is 2.20. The molecule has 0 radical (unpaired) electrons. The van der Waals surface area contributed by atoms with Crippen LogP contribution in [0.5, 0.6) is 0 Å². The smallest absolute Gasteiger partial charge is 0.123 e. The van der Waals surface area contributed by atoms with E-state index >= 15 is 0 Å². The standard InChI is InChI=1S/C11H10ClNO/c1-8(7-14)5-9-3-2-4-11(12)10(9)6-13/h2-4,7-8H,5H2,1H3. The molecular formula is C11H10ClNO. The van der Waals surface area contributed by atoms with Crippen LogP contribution < -0.4 is 0 Å². The highest BCUT2D eigenvalue weighted by molar-refractivity contribution is 6.31. The lowest BCUT2D eigenvalue weighted by atomic mass is 9.98. The van der Waals surface area contributed by atoms with Gasteiger partial charge in [0, 0.05) is 5.92 Å². The van der Waals surface area contributed by atoms with E-state index in [1.54, 1.807) is 12.1 Å². The van der Waals surface area contributed by atoms with Crippen molar-refractivity contribution >= 4 is 17.9 Å². The molecule has 1 aromatic carbocycles. The first-order valence-electron chi connectivity index (χ1n) is 4.31. The summed E-state index contributed by atoms with van der Waals surface area (Å²) in [5, 5.41) is 9.31. The maximum absolute atomic E-state index is 10.5. The quantitative estimate of drug-likeness (QED) is 0.715. The van der Waals surface area contributed by atoms with Crippen molar-refractivity contribution < 1.29 is 4.79 Å². The lowest BCUT2D eigenvalue weighted by molar-refractivity contribution is -0.110. The van der Waals surface area contributed by atoms with Gasteiger partial charge in [-0.15, -0.1) is 0 Å². The third-order valence-corrected chi connectivity index (χ3v) is 2.30. The molecule has 0 bridgehead atoms. The topological polar surface area (TPSA) is 40.9 Å². The fraction of sp³-hybridized carbons (Fsp3) is 0.273. The van der Waals surface area contributed by atoms with E-state index in [0.29, 0.717) is 17.0 Å². The zero-order valence-corrected chi connectivity index (χ0v) is 8.58. The minimum Gasteiger partial charge on any atom is -0.303 e. The van der Waals surface area contributed by atoms with E-state index in [0.717, 1.165) is 11.8 Å². The minimum absolute atomic E-state index is 0.0828. The Morgan fingerprint density at radius 1 is 1.64 bits per heavy atom. The van der Waals surface area contributed by atoms with Gasteiger partial charge in [-0.25, -0.2) is 0 Å². The first-order valence-corrected chi connectivity index (χ1v) is 4.69. The summed E-state index contributed by atoms with van der Waals surface area (Å²) in [5.74, 6) is -0.0828. The Balaban J connectivity index is 3.03. The Morgan fingerprint density at radius 3 is 2.93 bits per heavy atom. The molecule has 0 amide bonds. The number of hydrogen-bond acceptors (Lipinski definition) is 2. The third kappa shape index (κ3) is 2.34. The lowest BCUT2D eigenvalue weighted by Gasteiger charge is -2.06. The van der Waals surface area contributed by atoms with E-state index in [1.807, 2.05) is 19.1 Å². The fourth-order valence-electron chi connectivity index (χ4n) is 1.26. The van der Waals surface area contributed by atoms with Crippen molar-refractivity contribution in [2.45, 2.75) is 13.3 Å². The van der Waals surface area contributed by atoms with Crippen molar-refractivity contribution in [3.05, 3.63) is 34.3 Å². The maximum atomic E-state index is 10.5. The fourth-order valence-corrected chi connectivity index (χ4v) is 1.50. The van der Waals surface area contributed by atoms with Gasteiger partial charge in [0.25, 0.3) is 0 Å². The highest BCUT2D eigenvalue weighted by Gasteiger charge is 2.09. The second-order valence-corrected chi connectivity index (χ2v) is 3.61. The Hall–Kier alpha value is -1.33. The van der Waals surface area contributed by atoms with E-state index in [-0.39, 0.29) is 5.92 Å². The first-order chi connectivity index (χ1) is 6.69. The van der Waals surface area contributed by atoms with Crippen molar-refractivity contribution in [2.24, 2.45) is 5.92 Å². The number of carbonyl (C=O) groups excluding carboxylic acids is 1. The highest BCUT2D eigenvalue weighted by atomic mass is 35.5. The van der Waals surface area contributed by atoms with Gasteiger partial charge in [0.1, 0.15) is 12.4 Å². The molecule has 0 saturated carbocycles. The van der Waals surface area contributed by atoms with Gasteiger partial charge in [0.05, 0.1) is 10.6 Å². The molecule has 2 nitrogen and oxygen atoms in total. The van der Waals surface area contributed by atoms with Gasteiger partial charge >= 0.3 is 0 Å². The molecule has 1 unspecified atom stereocenters. The number of carbonyl (C=O) groups is 1. The number of aldehydes is 1. The van der Waals surface area contributed by atoms with Gasteiger partial charge in [-0.05, 0) is 18.1 Å². The summed E-state index contributed by atoms with van der Waals surface area (Å²) in [6.45, 7) is 1.81. The second-order valence-electron chi connectivity index (χ2n) is 3.20. The summed E-state index contributed by atoms with van der Waals surface area (Å²) in [7, 11) is 0. The molecule has 0 saturated heterocycles. The van der Waals surface area contributed by atoms with Gasteiger partial charge < -0.3 is 4.79 Å². The maximum Gasteiger partial charge on any atom is 0.123 e. The zero-order valence-electron chi connectivity index (χ0n) is 7.83. The van der Waals surface area contributed by atoms with Gasteiger partial charge in [-0.2, -0.15) is 5.26 Å². The first kappa shape index (κ1) is 10.7. The molecule has 0 fully saturated rings. The normalized spacial score (nSPS) is 11.8. The predicted molar refractivity (Wildman–Crippen MR) is 55.1 cm³/mol. The summed E-state index contributed by atoms with van der Waals surface area (Å²) in [6.07, 6.45) is 1.44. The van der Waals surface area contributed by atoms with Crippen LogP contribution in [-0.4, -0.2) is 6.29 Å². The largest absolute Gasteiger partial charge is 0.303 e. The average Bonchev–Trinajstić information content (AvgIpc) is 2.18. The summed E-state index contributed by atoms with van der Waals surface area (Å²) in [4.78, 5) is 10.5. The molecule has 0 spiro atoms. The van der Waals surface area contributed by atoms with E-state index in [4.69, 9.17) is 16.9 Å². The van der Waals surface area contributed by atoms with E-state index in [1.165, 1.54) is 0 Å². The Kier molecular flexibility index (Phi) is 3.67. The van der Waals surface area contributed by atoms with Crippen LogP contribution in [0.25, 0.3) is 0 Å². The van der Waals surface area contributed by atoms with Gasteiger partial charge in [0.15, 0.2) is 0 Å². The lowest BCUT2D eigenvalue weighted by Crippen LogP contribution is -2.02. The van der Waals surface area contributed by atoms with Gasteiger partial charge in [-0.3, -0.25) is 0 Å².